The standard InChI is InChI=1S/C19H29N3O2/c1-5-16-14-22(11-10-21(16)4)17(13-20)15-8-9-18(23-6-2)19(12-15)24-7-3/h8-9,12,16-17H,5-7,10-11,14H2,1-4H3. The van der Waals surface area contributed by atoms with E-state index in [4.69, 9.17) is 9.47 Å². The van der Waals surface area contributed by atoms with E-state index in [0.717, 1.165) is 43.1 Å². The minimum absolute atomic E-state index is 0.248. The van der Waals surface area contributed by atoms with Gasteiger partial charge in [-0.05, 0) is 45.0 Å². The van der Waals surface area contributed by atoms with E-state index in [1.165, 1.54) is 0 Å². The van der Waals surface area contributed by atoms with Crippen LogP contribution >= 0.6 is 0 Å². The van der Waals surface area contributed by atoms with Gasteiger partial charge in [-0.15, -0.1) is 0 Å². The normalized spacial score (nSPS) is 20.4. The number of rotatable bonds is 7. The molecular formula is C19H29N3O2. The first-order valence-corrected chi connectivity index (χ1v) is 8.87. The number of ether oxygens (including phenoxy) is 2. The van der Waals surface area contributed by atoms with Gasteiger partial charge in [-0.25, -0.2) is 0 Å². The van der Waals surface area contributed by atoms with Crippen LogP contribution in [0.15, 0.2) is 18.2 Å². The molecule has 5 heteroatoms. The van der Waals surface area contributed by atoms with Crippen LogP contribution in [0, 0.1) is 11.3 Å². The molecular weight excluding hydrogens is 302 g/mol. The maximum absolute atomic E-state index is 9.77. The number of hydrogen-bond acceptors (Lipinski definition) is 5. The molecule has 0 bridgehead atoms. The number of nitriles is 1. The van der Waals surface area contributed by atoms with E-state index in [2.05, 4.69) is 29.8 Å². The van der Waals surface area contributed by atoms with Crippen molar-refractivity contribution in [2.24, 2.45) is 0 Å². The number of nitrogens with zero attached hydrogens (tertiary/aromatic N) is 3. The zero-order chi connectivity index (χ0) is 17.5. The van der Waals surface area contributed by atoms with Crippen molar-refractivity contribution in [3.8, 4) is 17.6 Å². The summed E-state index contributed by atoms with van der Waals surface area (Å²) in [6.07, 6.45) is 1.10. The Morgan fingerprint density at radius 2 is 1.88 bits per heavy atom. The summed E-state index contributed by atoms with van der Waals surface area (Å²) in [6.45, 7) is 10.1. The summed E-state index contributed by atoms with van der Waals surface area (Å²) in [6, 6.07) is 8.60. The molecule has 2 atom stereocenters. The third kappa shape index (κ3) is 4.19. The van der Waals surface area contributed by atoms with Crippen LogP contribution in [0.4, 0.5) is 0 Å². The Labute approximate surface area is 145 Å². The molecule has 1 aliphatic heterocycles. The molecule has 1 aromatic rings. The molecule has 5 nitrogen and oxygen atoms in total. The second-order valence-electron chi connectivity index (χ2n) is 6.14. The Morgan fingerprint density at radius 3 is 2.50 bits per heavy atom. The molecule has 0 radical (unpaired) electrons. The van der Waals surface area contributed by atoms with Crippen LogP contribution < -0.4 is 9.47 Å². The van der Waals surface area contributed by atoms with Crippen molar-refractivity contribution in [3.63, 3.8) is 0 Å². The van der Waals surface area contributed by atoms with Gasteiger partial charge in [0, 0.05) is 25.7 Å². The first kappa shape index (κ1) is 18.6. The van der Waals surface area contributed by atoms with E-state index in [9.17, 15) is 5.26 Å². The summed E-state index contributed by atoms with van der Waals surface area (Å²) in [5.41, 5.74) is 0.976. The van der Waals surface area contributed by atoms with Crippen LogP contribution in [0.5, 0.6) is 11.5 Å². The van der Waals surface area contributed by atoms with Crippen molar-refractivity contribution in [2.45, 2.75) is 39.3 Å². The summed E-state index contributed by atoms with van der Waals surface area (Å²) in [4.78, 5) is 4.66. The van der Waals surface area contributed by atoms with Crippen molar-refractivity contribution >= 4 is 0 Å². The fourth-order valence-electron chi connectivity index (χ4n) is 3.25. The van der Waals surface area contributed by atoms with Gasteiger partial charge in [-0.3, -0.25) is 4.90 Å². The van der Waals surface area contributed by atoms with Crippen molar-refractivity contribution < 1.29 is 9.47 Å². The summed E-state index contributed by atoms with van der Waals surface area (Å²) in [7, 11) is 2.16. The molecule has 1 aromatic carbocycles. The number of benzene rings is 1. The maximum atomic E-state index is 9.77. The quantitative estimate of drug-likeness (QED) is 0.768. The third-order valence-corrected chi connectivity index (χ3v) is 4.65. The minimum Gasteiger partial charge on any atom is -0.490 e. The molecule has 0 spiro atoms. The molecule has 2 unspecified atom stereocenters. The lowest BCUT2D eigenvalue weighted by Gasteiger charge is -2.41. The molecule has 132 valence electrons. The van der Waals surface area contributed by atoms with Gasteiger partial charge in [0.2, 0.25) is 0 Å². The van der Waals surface area contributed by atoms with E-state index in [-0.39, 0.29) is 6.04 Å². The lowest BCUT2D eigenvalue weighted by molar-refractivity contribution is 0.0772. The Bertz CT molecular complexity index is 570. The lowest BCUT2D eigenvalue weighted by Crippen LogP contribution is -2.51. The molecule has 1 heterocycles. The van der Waals surface area contributed by atoms with Gasteiger partial charge < -0.3 is 14.4 Å². The van der Waals surface area contributed by atoms with Crippen molar-refractivity contribution in [1.82, 2.24) is 9.80 Å². The second-order valence-corrected chi connectivity index (χ2v) is 6.14. The highest BCUT2D eigenvalue weighted by atomic mass is 16.5. The maximum Gasteiger partial charge on any atom is 0.161 e. The molecule has 1 aliphatic rings. The van der Waals surface area contributed by atoms with Gasteiger partial charge in [0.25, 0.3) is 0 Å². The Balaban J connectivity index is 2.24. The first-order chi connectivity index (χ1) is 11.6. The highest BCUT2D eigenvalue weighted by molar-refractivity contribution is 5.45. The average Bonchev–Trinajstić information content (AvgIpc) is 2.59. The van der Waals surface area contributed by atoms with E-state index in [0.29, 0.717) is 19.3 Å². The lowest BCUT2D eigenvalue weighted by atomic mass is 10.0. The molecule has 0 N–H and O–H groups in total. The molecule has 24 heavy (non-hydrogen) atoms. The monoisotopic (exact) mass is 331 g/mol. The van der Waals surface area contributed by atoms with Gasteiger partial charge in [-0.2, -0.15) is 5.26 Å². The van der Waals surface area contributed by atoms with E-state index in [1.54, 1.807) is 0 Å². The van der Waals surface area contributed by atoms with Gasteiger partial charge in [0.1, 0.15) is 6.04 Å². The van der Waals surface area contributed by atoms with Crippen LogP contribution in [0.2, 0.25) is 0 Å². The Hall–Kier alpha value is -1.77. The predicted molar refractivity (Wildman–Crippen MR) is 95.4 cm³/mol. The SMILES string of the molecule is CCOc1ccc(C(C#N)N2CCN(C)C(CC)C2)cc1OCC. The Morgan fingerprint density at radius 1 is 1.17 bits per heavy atom. The zero-order valence-electron chi connectivity index (χ0n) is 15.3. The topological polar surface area (TPSA) is 48.7 Å². The third-order valence-electron chi connectivity index (χ3n) is 4.65. The fraction of sp³-hybridized carbons (Fsp3) is 0.632. The van der Waals surface area contributed by atoms with Gasteiger partial charge in [-0.1, -0.05) is 13.0 Å². The molecule has 1 fully saturated rings. The molecule has 0 amide bonds. The predicted octanol–water partition coefficient (Wildman–Crippen LogP) is 3.07. The molecule has 1 saturated heterocycles. The number of piperazine rings is 1. The van der Waals surface area contributed by atoms with Crippen LogP contribution in [-0.4, -0.2) is 55.7 Å². The van der Waals surface area contributed by atoms with Gasteiger partial charge in [0.15, 0.2) is 11.5 Å². The zero-order valence-corrected chi connectivity index (χ0v) is 15.3. The number of hydrogen-bond donors (Lipinski definition) is 0. The van der Waals surface area contributed by atoms with Crippen LogP contribution in [0.25, 0.3) is 0 Å². The number of likely N-dealkylation sites (N-methyl/N-ethyl adjacent to an activating group) is 1. The van der Waals surface area contributed by atoms with Crippen molar-refractivity contribution in [1.29, 1.82) is 5.26 Å². The summed E-state index contributed by atoms with van der Waals surface area (Å²) < 4.78 is 11.3. The van der Waals surface area contributed by atoms with Crippen LogP contribution in [0.3, 0.4) is 0 Å². The average molecular weight is 331 g/mol. The molecule has 2 rings (SSSR count). The summed E-state index contributed by atoms with van der Waals surface area (Å²) >= 11 is 0. The smallest absolute Gasteiger partial charge is 0.161 e. The van der Waals surface area contributed by atoms with Crippen molar-refractivity contribution in [2.75, 3.05) is 39.9 Å². The van der Waals surface area contributed by atoms with Crippen LogP contribution in [-0.2, 0) is 0 Å². The largest absolute Gasteiger partial charge is 0.490 e. The highest BCUT2D eigenvalue weighted by Gasteiger charge is 2.29. The molecule has 0 saturated carbocycles. The highest BCUT2D eigenvalue weighted by Crippen LogP contribution is 2.33. The van der Waals surface area contributed by atoms with Crippen molar-refractivity contribution in [3.05, 3.63) is 23.8 Å². The minimum atomic E-state index is -0.248. The molecule has 0 aromatic heterocycles. The molecule has 0 aliphatic carbocycles. The van der Waals surface area contributed by atoms with E-state index >= 15 is 0 Å². The Kier molecular flexibility index (Phi) is 6.89. The van der Waals surface area contributed by atoms with Gasteiger partial charge >= 0.3 is 0 Å². The van der Waals surface area contributed by atoms with Gasteiger partial charge in [0.05, 0.1) is 19.3 Å². The first-order valence-electron chi connectivity index (χ1n) is 8.87. The van der Waals surface area contributed by atoms with E-state index < -0.39 is 0 Å². The van der Waals surface area contributed by atoms with E-state index in [1.807, 2.05) is 32.0 Å². The second kappa shape index (κ2) is 8.91. The fourth-order valence-corrected chi connectivity index (χ4v) is 3.25. The van der Waals surface area contributed by atoms with Crippen LogP contribution in [0.1, 0.15) is 38.8 Å². The summed E-state index contributed by atoms with van der Waals surface area (Å²) in [5, 5.41) is 9.77. The summed E-state index contributed by atoms with van der Waals surface area (Å²) in [5.74, 6) is 1.46.